The highest BCUT2D eigenvalue weighted by atomic mass is 79.9. The minimum absolute atomic E-state index is 0.0989. The number of halogens is 1. The number of nitrogens with zero attached hydrogens (tertiary/aromatic N) is 1. The third-order valence-electron chi connectivity index (χ3n) is 4.66. The number of hydrogen-bond donors (Lipinski definition) is 0. The van der Waals surface area contributed by atoms with Crippen molar-refractivity contribution in [3.05, 3.63) is 87.9 Å². The number of methoxy groups -OCH3 is 1. The molecule has 5 nitrogen and oxygen atoms in total. The van der Waals surface area contributed by atoms with Gasteiger partial charge in [0.2, 0.25) is 0 Å². The molecule has 2 aromatic carbocycles. The summed E-state index contributed by atoms with van der Waals surface area (Å²) in [5.74, 6) is -2.29. The van der Waals surface area contributed by atoms with Gasteiger partial charge in [0.1, 0.15) is 0 Å². The van der Waals surface area contributed by atoms with E-state index in [1.807, 2.05) is 6.07 Å². The number of imide groups is 1. The van der Waals surface area contributed by atoms with Gasteiger partial charge < -0.3 is 4.74 Å². The molecule has 1 heterocycles. The predicted octanol–water partition coefficient (Wildman–Crippen LogP) is 4.15. The molecule has 2 amide bonds. The van der Waals surface area contributed by atoms with Crippen LogP contribution in [-0.4, -0.2) is 24.9 Å². The van der Waals surface area contributed by atoms with Crippen LogP contribution in [0.3, 0.4) is 0 Å². The van der Waals surface area contributed by atoms with Crippen molar-refractivity contribution in [1.29, 1.82) is 0 Å². The minimum Gasteiger partial charge on any atom is -0.466 e. The molecule has 1 aliphatic heterocycles. The highest BCUT2D eigenvalue weighted by Gasteiger charge is 2.42. The lowest BCUT2D eigenvalue weighted by Crippen LogP contribution is -2.32. The Hall–Kier alpha value is -2.99. The highest BCUT2D eigenvalue weighted by molar-refractivity contribution is 9.10. The van der Waals surface area contributed by atoms with Gasteiger partial charge in [-0.25, -0.2) is 9.69 Å². The minimum atomic E-state index is -0.773. The third-order valence-corrected chi connectivity index (χ3v) is 5.19. The lowest BCUT2D eigenvalue weighted by molar-refractivity contribution is -0.136. The zero-order valence-corrected chi connectivity index (χ0v) is 17.0. The Labute approximate surface area is 171 Å². The molecule has 2 aromatic rings. The maximum absolute atomic E-state index is 13.3. The molecule has 0 bridgehead atoms. The number of carbonyl (C=O) groups is 3. The fraction of sp³-hybridized carbons (Fsp3) is 0.136. The molecule has 0 unspecified atom stereocenters. The molecular weight excluding hydrogens is 422 g/mol. The van der Waals surface area contributed by atoms with E-state index in [4.69, 9.17) is 4.74 Å². The molecule has 1 aliphatic rings. The first kappa shape index (κ1) is 19.8. The van der Waals surface area contributed by atoms with E-state index in [9.17, 15) is 14.4 Å². The molecule has 0 aliphatic carbocycles. The maximum atomic E-state index is 13.3. The Bertz CT molecular complexity index is 993. The van der Waals surface area contributed by atoms with Crippen molar-refractivity contribution >= 4 is 39.4 Å². The molecular formula is C22H18BrNO4. The summed E-state index contributed by atoms with van der Waals surface area (Å²) >= 11 is 3.34. The number of hydrogen-bond acceptors (Lipinski definition) is 4. The predicted molar refractivity (Wildman–Crippen MR) is 110 cm³/mol. The van der Waals surface area contributed by atoms with Gasteiger partial charge in [-0.2, -0.15) is 0 Å². The second-order valence-corrected chi connectivity index (χ2v) is 7.24. The highest BCUT2D eigenvalue weighted by Crippen LogP contribution is 2.39. The summed E-state index contributed by atoms with van der Waals surface area (Å²) in [6.07, 6.45) is 0. The SMILES string of the molecule is C=C(C(=O)OC)[C@@H](C1=C(C)C(=O)N(c2ccc(Br)cc2)C1=O)c1ccccc1. The largest absolute Gasteiger partial charge is 0.466 e. The molecule has 28 heavy (non-hydrogen) atoms. The van der Waals surface area contributed by atoms with E-state index in [1.165, 1.54) is 7.11 Å². The van der Waals surface area contributed by atoms with E-state index < -0.39 is 23.7 Å². The summed E-state index contributed by atoms with van der Waals surface area (Å²) in [4.78, 5) is 39.5. The second-order valence-electron chi connectivity index (χ2n) is 6.32. The third kappa shape index (κ3) is 3.43. The van der Waals surface area contributed by atoms with Gasteiger partial charge in [0.15, 0.2) is 0 Å². The second kappa shape index (κ2) is 7.94. The van der Waals surface area contributed by atoms with Crippen molar-refractivity contribution in [2.45, 2.75) is 12.8 Å². The summed E-state index contributed by atoms with van der Waals surface area (Å²) in [5, 5.41) is 0. The Balaban J connectivity index is 2.10. The van der Waals surface area contributed by atoms with Crippen LogP contribution >= 0.6 is 15.9 Å². The van der Waals surface area contributed by atoms with Gasteiger partial charge in [0.25, 0.3) is 11.8 Å². The van der Waals surface area contributed by atoms with Crippen molar-refractivity contribution in [3.8, 4) is 0 Å². The van der Waals surface area contributed by atoms with Gasteiger partial charge in [0, 0.05) is 27.1 Å². The van der Waals surface area contributed by atoms with Crippen LogP contribution < -0.4 is 4.90 Å². The van der Waals surface area contributed by atoms with E-state index in [2.05, 4.69) is 22.5 Å². The van der Waals surface area contributed by atoms with E-state index in [0.717, 1.165) is 9.37 Å². The average Bonchev–Trinajstić information content (AvgIpc) is 2.92. The molecule has 1 atom stereocenters. The number of benzene rings is 2. The van der Waals surface area contributed by atoms with Crippen molar-refractivity contribution in [2.24, 2.45) is 0 Å². The van der Waals surface area contributed by atoms with E-state index in [-0.39, 0.29) is 16.7 Å². The summed E-state index contributed by atoms with van der Waals surface area (Å²) in [5.41, 5.74) is 1.76. The lowest BCUT2D eigenvalue weighted by atomic mass is 9.83. The number of anilines is 1. The van der Waals surface area contributed by atoms with E-state index in [0.29, 0.717) is 11.3 Å². The van der Waals surface area contributed by atoms with Crippen LogP contribution in [0.25, 0.3) is 0 Å². The van der Waals surface area contributed by atoms with Gasteiger partial charge in [-0.3, -0.25) is 9.59 Å². The average molecular weight is 440 g/mol. The smallest absolute Gasteiger partial charge is 0.334 e. The molecule has 0 saturated heterocycles. The van der Waals surface area contributed by atoms with Crippen LogP contribution in [0, 0.1) is 0 Å². The quantitative estimate of drug-likeness (QED) is 0.398. The number of esters is 1. The van der Waals surface area contributed by atoms with Gasteiger partial charge >= 0.3 is 5.97 Å². The van der Waals surface area contributed by atoms with Crippen LogP contribution in [0.2, 0.25) is 0 Å². The summed E-state index contributed by atoms with van der Waals surface area (Å²) in [6, 6.07) is 15.9. The number of carbonyl (C=O) groups excluding carboxylic acids is 3. The van der Waals surface area contributed by atoms with Crippen molar-refractivity contribution < 1.29 is 19.1 Å². The zero-order valence-electron chi connectivity index (χ0n) is 15.4. The first-order valence-corrected chi connectivity index (χ1v) is 9.33. The number of ether oxygens (including phenoxy) is 1. The van der Waals surface area contributed by atoms with Crippen LogP contribution in [0.4, 0.5) is 5.69 Å². The first-order valence-electron chi connectivity index (χ1n) is 8.54. The summed E-state index contributed by atoms with van der Waals surface area (Å²) < 4.78 is 5.65. The fourth-order valence-electron chi connectivity index (χ4n) is 3.26. The summed E-state index contributed by atoms with van der Waals surface area (Å²) in [7, 11) is 1.26. The van der Waals surface area contributed by atoms with Gasteiger partial charge in [-0.1, -0.05) is 52.8 Å². The molecule has 0 spiro atoms. The zero-order chi connectivity index (χ0) is 20.4. The molecule has 3 rings (SSSR count). The Morgan fingerprint density at radius 1 is 1.04 bits per heavy atom. The monoisotopic (exact) mass is 439 g/mol. The molecule has 0 aromatic heterocycles. The van der Waals surface area contributed by atoms with Crippen LogP contribution in [0.1, 0.15) is 18.4 Å². The van der Waals surface area contributed by atoms with Crippen LogP contribution in [0.15, 0.2) is 82.4 Å². The standard InChI is InChI=1S/C22H18BrNO4/c1-13-19(18(14(2)22(27)28-3)15-7-5-4-6-8-15)21(26)24(20(13)25)17-11-9-16(23)10-12-17/h4-12,18H,2H2,1,3H3/t18-/m1/s1. The van der Waals surface area contributed by atoms with Crippen LogP contribution in [0.5, 0.6) is 0 Å². The molecule has 0 fully saturated rings. The Kier molecular flexibility index (Phi) is 5.61. The van der Waals surface area contributed by atoms with E-state index in [1.54, 1.807) is 55.5 Å². The molecule has 0 N–H and O–H groups in total. The Morgan fingerprint density at radius 3 is 2.21 bits per heavy atom. The topological polar surface area (TPSA) is 63.7 Å². The van der Waals surface area contributed by atoms with Crippen molar-refractivity contribution in [2.75, 3.05) is 12.0 Å². The summed E-state index contributed by atoms with van der Waals surface area (Å²) in [6.45, 7) is 5.45. The normalized spacial score (nSPS) is 15.0. The van der Waals surface area contributed by atoms with E-state index >= 15 is 0 Å². The molecule has 0 radical (unpaired) electrons. The van der Waals surface area contributed by atoms with Crippen LogP contribution in [-0.2, 0) is 19.1 Å². The number of rotatable bonds is 5. The maximum Gasteiger partial charge on any atom is 0.334 e. The molecule has 0 saturated carbocycles. The van der Waals surface area contributed by atoms with Gasteiger partial charge in [0.05, 0.1) is 12.8 Å². The molecule has 142 valence electrons. The van der Waals surface area contributed by atoms with Crippen molar-refractivity contribution in [1.82, 2.24) is 0 Å². The fourth-order valence-corrected chi connectivity index (χ4v) is 3.52. The van der Waals surface area contributed by atoms with Gasteiger partial charge in [-0.05, 0) is 36.8 Å². The van der Waals surface area contributed by atoms with Crippen molar-refractivity contribution in [3.63, 3.8) is 0 Å². The van der Waals surface area contributed by atoms with Gasteiger partial charge in [-0.15, -0.1) is 0 Å². The molecule has 6 heteroatoms. The Morgan fingerprint density at radius 2 is 1.64 bits per heavy atom. The lowest BCUT2D eigenvalue weighted by Gasteiger charge is -2.21. The first-order chi connectivity index (χ1) is 13.4. The number of amides is 2.